The second kappa shape index (κ2) is 7.33. The smallest absolute Gasteiger partial charge is 0.350 e. The van der Waals surface area contributed by atoms with Gasteiger partial charge < -0.3 is 9.84 Å². The molecule has 0 aliphatic rings. The van der Waals surface area contributed by atoms with Gasteiger partial charge in [0.25, 0.3) is 0 Å². The quantitative estimate of drug-likeness (QED) is 0.590. The van der Waals surface area contributed by atoms with Crippen molar-refractivity contribution in [2.45, 2.75) is 46.6 Å². The number of halogens is 1. The van der Waals surface area contributed by atoms with Crippen LogP contribution in [-0.2, 0) is 14.3 Å². The fraction of sp³-hybridized carbons (Fsp3) is 0.667. The Balaban J connectivity index is 5.07. The first-order valence-electron chi connectivity index (χ1n) is 5.68. The standard InChI is InChI=1S/C12H19ClO4/c1-5-7(3)9(11(14)15)10(13)12(16)17-8(4)6-2/h7-8H,5-6H2,1-4H3,(H,14,15). The molecule has 1 N–H and O–H groups in total. The van der Waals surface area contributed by atoms with Gasteiger partial charge in [0.1, 0.15) is 5.03 Å². The van der Waals surface area contributed by atoms with Crippen molar-refractivity contribution in [2.75, 3.05) is 0 Å². The van der Waals surface area contributed by atoms with Crippen LogP contribution in [0, 0.1) is 5.92 Å². The number of ether oxygens (including phenoxy) is 1. The van der Waals surface area contributed by atoms with Crippen LogP contribution >= 0.6 is 11.6 Å². The summed E-state index contributed by atoms with van der Waals surface area (Å²) in [5.41, 5.74) is -0.0810. The van der Waals surface area contributed by atoms with Gasteiger partial charge in [-0.1, -0.05) is 32.4 Å². The Hall–Kier alpha value is -1.03. The van der Waals surface area contributed by atoms with E-state index in [9.17, 15) is 9.59 Å². The summed E-state index contributed by atoms with van der Waals surface area (Å²) in [6.07, 6.45) is 0.971. The average Bonchev–Trinajstić information content (AvgIpc) is 2.27. The van der Waals surface area contributed by atoms with Crippen LogP contribution in [0.5, 0.6) is 0 Å². The number of carbonyl (C=O) groups excluding carboxylic acids is 1. The van der Waals surface area contributed by atoms with Gasteiger partial charge in [-0.25, -0.2) is 9.59 Å². The lowest BCUT2D eigenvalue weighted by molar-refractivity contribution is -0.143. The van der Waals surface area contributed by atoms with Crippen LogP contribution in [0.25, 0.3) is 0 Å². The predicted octanol–water partition coefficient (Wildman–Crippen LogP) is 2.95. The summed E-state index contributed by atoms with van der Waals surface area (Å²) in [6, 6.07) is 0. The van der Waals surface area contributed by atoms with E-state index in [1.54, 1.807) is 13.8 Å². The number of hydrogen-bond acceptors (Lipinski definition) is 3. The lowest BCUT2D eigenvalue weighted by Gasteiger charge is -2.14. The lowest BCUT2D eigenvalue weighted by Crippen LogP contribution is -2.19. The minimum Gasteiger partial charge on any atom is -0.478 e. The van der Waals surface area contributed by atoms with E-state index in [0.717, 1.165) is 0 Å². The fourth-order valence-corrected chi connectivity index (χ4v) is 1.46. The summed E-state index contributed by atoms with van der Waals surface area (Å²) < 4.78 is 5.00. The molecule has 0 aromatic rings. The number of rotatable bonds is 6. The van der Waals surface area contributed by atoms with Crippen molar-refractivity contribution in [3.05, 3.63) is 10.6 Å². The number of carbonyl (C=O) groups is 2. The Morgan fingerprint density at radius 1 is 1.24 bits per heavy atom. The topological polar surface area (TPSA) is 63.6 Å². The molecule has 4 nitrogen and oxygen atoms in total. The predicted molar refractivity (Wildman–Crippen MR) is 65.8 cm³/mol. The number of aliphatic carboxylic acids is 1. The molecular formula is C12H19ClO4. The summed E-state index contributed by atoms with van der Waals surface area (Å²) in [5, 5.41) is 8.71. The van der Waals surface area contributed by atoms with Crippen LogP contribution in [0.1, 0.15) is 40.5 Å². The van der Waals surface area contributed by atoms with Crippen LogP contribution < -0.4 is 0 Å². The van der Waals surface area contributed by atoms with Crippen molar-refractivity contribution in [3.63, 3.8) is 0 Å². The maximum absolute atomic E-state index is 11.6. The summed E-state index contributed by atoms with van der Waals surface area (Å²) in [6.45, 7) is 7.13. The lowest BCUT2D eigenvalue weighted by atomic mass is 9.98. The minimum atomic E-state index is -1.18. The Labute approximate surface area is 107 Å². The van der Waals surface area contributed by atoms with E-state index < -0.39 is 11.9 Å². The Morgan fingerprint density at radius 2 is 1.76 bits per heavy atom. The zero-order valence-electron chi connectivity index (χ0n) is 10.6. The third kappa shape index (κ3) is 4.77. The highest BCUT2D eigenvalue weighted by Gasteiger charge is 2.25. The molecule has 2 atom stereocenters. The molecule has 0 amide bonds. The zero-order chi connectivity index (χ0) is 13.6. The van der Waals surface area contributed by atoms with Crippen molar-refractivity contribution in [1.29, 1.82) is 0 Å². The summed E-state index contributed by atoms with van der Waals surface area (Å²) in [5.74, 6) is -2.23. The molecule has 17 heavy (non-hydrogen) atoms. The molecule has 0 aromatic carbocycles. The van der Waals surface area contributed by atoms with Crippen molar-refractivity contribution in [1.82, 2.24) is 0 Å². The molecule has 0 spiro atoms. The molecule has 2 unspecified atom stereocenters. The highest BCUT2D eigenvalue weighted by atomic mass is 35.5. The van der Waals surface area contributed by atoms with Gasteiger partial charge in [-0.3, -0.25) is 0 Å². The second-order valence-corrected chi connectivity index (χ2v) is 4.34. The Bertz CT molecular complexity index is 322. The van der Waals surface area contributed by atoms with Crippen LogP contribution in [-0.4, -0.2) is 23.1 Å². The first-order chi connectivity index (χ1) is 7.84. The zero-order valence-corrected chi connectivity index (χ0v) is 11.4. The maximum atomic E-state index is 11.6. The molecule has 0 bridgehead atoms. The summed E-state index contributed by atoms with van der Waals surface area (Å²) in [7, 11) is 0. The van der Waals surface area contributed by atoms with Gasteiger partial charge >= 0.3 is 11.9 Å². The largest absolute Gasteiger partial charge is 0.478 e. The molecule has 0 saturated carbocycles. The van der Waals surface area contributed by atoms with Gasteiger partial charge in [0.15, 0.2) is 0 Å². The molecule has 0 saturated heterocycles. The van der Waals surface area contributed by atoms with E-state index in [-0.39, 0.29) is 22.6 Å². The van der Waals surface area contributed by atoms with Crippen molar-refractivity contribution in [2.24, 2.45) is 5.92 Å². The highest BCUT2D eigenvalue weighted by Crippen LogP contribution is 2.23. The van der Waals surface area contributed by atoms with Gasteiger partial charge in [0.2, 0.25) is 0 Å². The van der Waals surface area contributed by atoms with Crippen molar-refractivity contribution >= 4 is 23.5 Å². The van der Waals surface area contributed by atoms with Crippen LogP contribution in [0.4, 0.5) is 0 Å². The third-order valence-corrected chi connectivity index (χ3v) is 2.99. The van der Waals surface area contributed by atoms with E-state index in [0.29, 0.717) is 12.8 Å². The van der Waals surface area contributed by atoms with Crippen molar-refractivity contribution < 1.29 is 19.4 Å². The monoisotopic (exact) mass is 262 g/mol. The average molecular weight is 263 g/mol. The van der Waals surface area contributed by atoms with E-state index in [4.69, 9.17) is 21.4 Å². The molecule has 98 valence electrons. The van der Waals surface area contributed by atoms with Crippen LogP contribution in [0.2, 0.25) is 0 Å². The number of esters is 1. The maximum Gasteiger partial charge on any atom is 0.350 e. The van der Waals surface area contributed by atoms with Gasteiger partial charge in [-0.05, 0) is 25.7 Å². The molecule has 0 fully saturated rings. The van der Waals surface area contributed by atoms with Crippen molar-refractivity contribution in [3.8, 4) is 0 Å². The fourth-order valence-electron chi connectivity index (χ4n) is 1.15. The molecule has 0 aliphatic carbocycles. The highest BCUT2D eigenvalue weighted by molar-refractivity contribution is 6.43. The summed E-state index contributed by atoms with van der Waals surface area (Å²) >= 11 is 5.79. The van der Waals surface area contributed by atoms with E-state index >= 15 is 0 Å². The number of carboxylic acids is 1. The van der Waals surface area contributed by atoms with E-state index in [1.807, 2.05) is 13.8 Å². The first-order valence-corrected chi connectivity index (χ1v) is 6.06. The second-order valence-electron chi connectivity index (χ2n) is 3.97. The molecule has 5 heteroatoms. The van der Waals surface area contributed by atoms with E-state index in [1.165, 1.54) is 0 Å². The minimum absolute atomic E-state index is 0.0810. The first kappa shape index (κ1) is 16.0. The van der Waals surface area contributed by atoms with Gasteiger partial charge in [-0.2, -0.15) is 0 Å². The molecule has 0 heterocycles. The Morgan fingerprint density at radius 3 is 2.12 bits per heavy atom. The molecule has 0 radical (unpaired) electrons. The molecule has 0 aliphatic heterocycles. The van der Waals surface area contributed by atoms with Gasteiger partial charge in [0.05, 0.1) is 11.7 Å². The Kier molecular flexibility index (Phi) is 6.88. The number of hydrogen-bond donors (Lipinski definition) is 1. The normalized spacial score (nSPS) is 15.8. The SMILES string of the molecule is CCC(C)OC(=O)C(Cl)=C(C(=O)O)C(C)CC. The molecule has 0 aromatic heterocycles. The molecular weight excluding hydrogens is 244 g/mol. The summed E-state index contributed by atoms with van der Waals surface area (Å²) in [4.78, 5) is 22.7. The van der Waals surface area contributed by atoms with Gasteiger partial charge in [0, 0.05) is 0 Å². The third-order valence-electron chi connectivity index (χ3n) is 2.63. The molecule has 0 rings (SSSR count). The van der Waals surface area contributed by atoms with Crippen LogP contribution in [0.15, 0.2) is 10.6 Å². The van der Waals surface area contributed by atoms with E-state index in [2.05, 4.69) is 0 Å². The van der Waals surface area contributed by atoms with Gasteiger partial charge in [-0.15, -0.1) is 0 Å². The number of carboxylic acid groups (broad SMARTS) is 1. The van der Waals surface area contributed by atoms with Crippen LogP contribution in [0.3, 0.4) is 0 Å².